The van der Waals surface area contributed by atoms with Crippen molar-refractivity contribution in [2.75, 3.05) is 0 Å². The zero-order valence-corrected chi connectivity index (χ0v) is 13.9. The quantitative estimate of drug-likeness (QED) is 0.586. The minimum absolute atomic E-state index is 0.0216. The molecule has 0 saturated heterocycles. The molecule has 2 N–H and O–H groups in total. The summed E-state index contributed by atoms with van der Waals surface area (Å²) in [5.41, 5.74) is 1.91. The van der Waals surface area contributed by atoms with E-state index in [0.717, 1.165) is 0 Å². The second kappa shape index (κ2) is 5.17. The summed E-state index contributed by atoms with van der Waals surface area (Å²) in [4.78, 5) is 31.9. The fraction of sp³-hybridized carbons (Fsp3) is 0.235. The number of aromatic amines is 2. The molecule has 8 heteroatoms. The number of imidazole rings is 1. The van der Waals surface area contributed by atoms with Crippen LogP contribution < -0.4 is 11.2 Å². The van der Waals surface area contributed by atoms with Crippen molar-refractivity contribution in [2.24, 2.45) is 7.05 Å². The van der Waals surface area contributed by atoms with Gasteiger partial charge < -0.3 is 0 Å². The Morgan fingerprint density at radius 3 is 2.48 bits per heavy atom. The average Bonchev–Trinajstić information content (AvgIpc) is 3.04. The van der Waals surface area contributed by atoms with Gasteiger partial charge in [0.15, 0.2) is 11.3 Å². The monoisotopic (exact) mass is 341 g/mol. The first-order valence-electron chi connectivity index (χ1n) is 7.87. The van der Waals surface area contributed by atoms with E-state index >= 15 is 0 Å². The highest BCUT2D eigenvalue weighted by Gasteiger charge is 2.22. The topological polar surface area (TPSA) is 88.5 Å². The fourth-order valence-electron chi connectivity index (χ4n) is 3.14. The maximum absolute atomic E-state index is 13.4. The predicted molar refractivity (Wildman–Crippen MR) is 93.2 cm³/mol. The Morgan fingerprint density at radius 2 is 1.84 bits per heavy atom. The van der Waals surface area contributed by atoms with E-state index in [4.69, 9.17) is 0 Å². The number of hydrogen-bond donors (Lipinski definition) is 2. The third-order valence-electron chi connectivity index (χ3n) is 4.34. The Balaban J connectivity index is 2.28. The number of halogens is 1. The molecule has 7 nitrogen and oxygen atoms in total. The van der Waals surface area contributed by atoms with Crippen LogP contribution in [0.3, 0.4) is 0 Å². The molecule has 4 aromatic rings. The molecule has 0 bridgehead atoms. The molecule has 1 aromatic carbocycles. The molecule has 25 heavy (non-hydrogen) atoms. The van der Waals surface area contributed by atoms with Gasteiger partial charge in [-0.05, 0) is 31.5 Å². The number of pyridine rings is 1. The Labute approximate surface area is 140 Å². The summed E-state index contributed by atoms with van der Waals surface area (Å²) in [6, 6.07) is 5.81. The fourth-order valence-corrected chi connectivity index (χ4v) is 3.14. The van der Waals surface area contributed by atoms with Crippen molar-refractivity contribution < 1.29 is 4.39 Å². The van der Waals surface area contributed by atoms with Gasteiger partial charge in [0.05, 0.1) is 10.9 Å². The van der Waals surface area contributed by atoms with Gasteiger partial charge in [0.2, 0.25) is 0 Å². The van der Waals surface area contributed by atoms with E-state index < -0.39 is 0 Å². The average molecular weight is 341 g/mol. The molecule has 0 aliphatic rings. The van der Waals surface area contributed by atoms with Crippen molar-refractivity contribution in [3.8, 4) is 11.1 Å². The van der Waals surface area contributed by atoms with Crippen molar-refractivity contribution in [1.29, 1.82) is 0 Å². The summed E-state index contributed by atoms with van der Waals surface area (Å²) in [7, 11) is 1.61. The Kier molecular flexibility index (Phi) is 3.18. The minimum atomic E-state index is -0.373. The highest BCUT2D eigenvalue weighted by Crippen LogP contribution is 2.32. The molecule has 0 saturated carbocycles. The molecular weight excluding hydrogens is 325 g/mol. The van der Waals surface area contributed by atoms with E-state index in [0.29, 0.717) is 33.3 Å². The van der Waals surface area contributed by atoms with Gasteiger partial charge in [0.25, 0.3) is 5.56 Å². The molecule has 0 amide bonds. The number of H-pyrrole nitrogens is 2. The van der Waals surface area contributed by atoms with Gasteiger partial charge in [-0.3, -0.25) is 24.1 Å². The largest absolute Gasteiger partial charge is 0.327 e. The molecule has 0 aliphatic carbocycles. The van der Waals surface area contributed by atoms with E-state index in [-0.39, 0.29) is 23.1 Å². The first kappa shape index (κ1) is 15.4. The number of rotatable bonds is 2. The van der Waals surface area contributed by atoms with Gasteiger partial charge in [-0.2, -0.15) is 0 Å². The summed E-state index contributed by atoms with van der Waals surface area (Å²) >= 11 is 0. The lowest BCUT2D eigenvalue weighted by Gasteiger charge is -2.10. The number of aromatic nitrogens is 5. The Morgan fingerprint density at radius 1 is 1.16 bits per heavy atom. The molecule has 3 heterocycles. The van der Waals surface area contributed by atoms with Crippen molar-refractivity contribution in [3.05, 3.63) is 50.9 Å². The van der Waals surface area contributed by atoms with Crippen LogP contribution in [0.15, 0.2) is 33.9 Å². The zero-order chi connectivity index (χ0) is 17.9. The Hall–Kier alpha value is -3.16. The van der Waals surface area contributed by atoms with E-state index in [1.54, 1.807) is 23.9 Å². The molecule has 0 atom stereocenters. The van der Waals surface area contributed by atoms with Crippen LogP contribution >= 0.6 is 0 Å². The molecular formula is C17H16FN5O2. The first-order chi connectivity index (χ1) is 11.9. The lowest BCUT2D eigenvalue weighted by Crippen LogP contribution is -2.12. The normalized spacial score (nSPS) is 11.9. The Bertz CT molecular complexity index is 1220. The second-order valence-corrected chi connectivity index (χ2v) is 6.28. The molecule has 0 spiro atoms. The maximum Gasteiger partial charge on any atom is 0.327 e. The molecule has 0 fully saturated rings. The summed E-state index contributed by atoms with van der Waals surface area (Å²) < 4.78 is 16.4. The van der Waals surface area contributed by atoms with Crippen molar-refractivity contribution in [3.63, 3.8) is 0 Å². The van der Waals surface area contributed by atoms with Gasteiger partial charge in [-0.15, -0.1) is 0 Å². The first-order valence-corrected chi connectivity index (χ1v) is 7.87. The van der Waals surface area contributed by atoms with Crippen molar-refractivity contribution >= 4 is 22.2 Å². The summed E-state index contributed by atoms with van der Waals surface area (Å²) in [6.45, 7) is 3.85. The third kappa shape index (κ3) is 2.14. The smallest absolute Gasteiger partial charge is 0.293 e. The van der Waals surface area contributed by atoms with Gasteiger partial charge in [0.1, 0.15) is 5.82 Å². The molecule has 3 aromatic heterocycles. The highest BCUT2D eigenvalue weighted by molar-refractivity contribution is 6.06. The van der Waals surface area contributed by atoms with Crippen molar-refractivity contribution in [1.82, 2.24) is 24.3 Å². The number of fused-ring (bicyclic) bond motifs is 2. The lowest BCUT2D eigenvalue weighted by atomic mass is 10.0. The van der Waals surface area contributed by atoms with Crippen LogP contribution in [0.25, 0.3) is 33.3 Å². The van der Waals surface area contributed by atoms with Gasteiger partial charge >= 0.3 is 5.69 Å². The third-order valence-corrected chi connectivity index (χ3v) is 4.34. The number of hydrogen-bond acceptors (Lipinski definition) is 3. The SMILES string of the molecule is CC(C)n1[nH]c(=O)c2c(-c3ccc(F)cc3)c3c(nc21)[nH]c(=O)n3C. The van der Waals surface area contributed by atoms with Crippen LogP contribution in [-0.2, 0) is 7.05 Å². The van der Waals surface area contributed by atoms with E-state index in [1.165, 1.54) is 16.7 Å². The van der Waals surface area contributed by atoms with Crippen molar-refractivity contribution in [2.45, 2.75) is 19.9 Å². The summed E-state index contributed by atoms with van der Waals surface area (Å²) in [5.74, 6) is -0.373. The predicted octanol–water partition coefficient (Wildman–Crippen LogP) is 2.29. The van der Waals surface area contributed by atoms with Gasteiger partial charge in [-0.25, -0.2) is 14.2 Å². The van der Waals surface area contributed by atoms with Crippen LogP contribution in [0.4, 0.5) is 4.39 Å². The number of nitrogens with one attached hydrogen (secondary N) is 2. The van der Waals surface area contributed by atoms with Crippen LogP contribution in [0.1, 0.15) is 19.9 Å². The van der Waals surface area contributed by atoms with E-state index in [1.807, 2.05) is 13.8 Å². The molecule has 128 valence electrons. The van der Waals surface area contributed by atoms with Gasteiger partial charge in [0, 0.05) is 18.7 Å². The van der Waals surface area contributed by atoms with Crippen LogP contribution in [0.5, 0.6) is 0 Å². The minimum Gasteiger partial charge on any atom is -0.293 e. The summed E-state index contributed by atoms with van der Waals surface area (Å²) in [6.07, 6.45) is 0. The standard InChI is InChI=1S/C17H16FN5O2/c1-8(2)23-15-12(16(24)21-23)11(9-4-6-10(18)7-5-9)13-14(19-15)20-17(25)22(13)3/h4-8H,1-3H3,(H,21,24)(H,19,20,25). The van der Waals surface area contributed by atoms with Crippen LogP contribution in [0.2, 0.25) is 0 Å². The summed E-state index contributed by atoms with van der Waals surface area (Å²) in [5, 5.41) is 3.17. The molecule has 4 rings (SSSR count). The second-order valence-electron chi connectivity index (χ2n) is 6.28. The molecule has 0 unspecified atom stereocenters. The van der Waals surface area contributed by atoms with E-state index in [9.17, 15) is 14.0 Å². The molecule has 0 radical (unpaired) electrons. The number of aryl methyl sites for hydroxylation is 1. The molecule has 0 aliphatic heterocycles. The number of nitrogens with zero attached hydrogens (tertiary/aromatic N) is 3. The maximum atomic E-state index is 13.4. The zero-order valence-electron chi connectivity index (χ0n) is 13.9. The van der Waals surface area contributed by atoms with Gasteiger partial charge in [-0.1, -0.05) is 12.1 Å². The highest BCUT2D eigenvalue weighted by atomic mass is 19.1. The number of benzene rings is 1. The van der Waals surface area contributed by atoms with E-state index in [2.05, 4.69) is 15.1 Å². The van der Waals surface area contributed by atoms with Crippen LogP contribution in [0, 0.1) is 5.82 Å². The van der Waals surface area contributed by atoms with Crippen LogP contribution in [-0.4, -0.2) is 24.3 Å². The lowest BCUT2D eigenvalue weighted by molar-refractivity contribution is 0.542.